The fraction of sp³-hybridized carbons (Fsp3) is 0.455. The molecule has 4 heterocycles. The Labute approximate surface area is 213 Å². The number of nitriles is 1. The summed E-state index contributed by atoms with van der Waals surface area (Å²) in [7, 11) is -4.02. The molecule has 11 nitrogen and oxygen atoms in total. The number of aromatic nitrogens is 5. The quantitative estimate of drug-likeness (QED) is 0.436. The molecule has 2 aliphatic carbocycles. The summed E-state index contributed by atoms with van der Waals surface area (Å²) in [6.07, 6.45) is 3.54. The summed E-state index contributed by atoms with van der Waals surface area (Å²) < 4.78 is 59.9. The molecule has 3 aromatic rings. The molecule has 3 aliphatic rings. The predicted octanol–water partition coefficient (Wildman–Crippen LogP) is 2.83. The Hall–Kier alpha value is -3.22. The highest BCUT2D eigenvalue weighted by Gasteiger charge is 2.47. The molecular formula is C22H23F2N9O2S2. The summed E-state index contributed by atoms with van der Waals surface area (Å²) in [4.78, 5) is -0.0665. The molecule has 2 fully saturated rings. The highest BCUT2D eigenvalue weighted by molar-refractivity contribution is 8.40. The van der Waals surface area contributed by atoms with Gasteiger partial charge in [0.05, 0.1) is 16.5 Å². The van der Waals surface area contributed by atoms with Crippen molar-refractivity contribution in [3.8, 4) is 6.07 Å². The summed E-state index contributed by atoms with van der Waals surface area (Å²) in [6.45, 7) is 0. The number of pyridine rings is 1. The van der Waals surface area contributed by atoms with Crippen molar-refractivity contribution in [1.82, 2.24) is 29.1 Å². The van der Waals surface area contributed by atoms with Gasteiger partial charge in [-0.25, -0.2) is 17.2 Å². The van der Waals surface area contributed by atoms with Crippen LogP contribution in [0.15, 0.2) is 44.8 Å². The molecule has 3 atom stereocenters. The van der Waals surface area contributed by atoms with Gasteiger partial charge in [0.25, 0.3) is 6.43 Å². The second-order valence-electron chi connectivity index (χ2n) is 9.57. The molecule has 3 unspecified atom stereocenters. The molecule has 0 saturated heterocycles. The van der Waals surface area contributed by atoms with E-state index in [0.717, 1.165) is 25.0 Å². The van der Waals surface area contributed by atoms with E-state index in [4.69, 9.17) is 0 Å². The number of thiol groups is 1. The van der Waals surface area contributed by atoms with E-state index < -0.39 is 37.9 Å². The molecule has 3 aromatic heterocycles. The third-order valence-electron chi connectivity index (χ3n) is 7.23. The van der Waals surface area contributed by atoms with Gasteiger partial charge < -0.3 is 0 Å². The predicted molar refractivity (Wildman–Crippen MR) is 133 cm³/mol. The molecular weight excluding hydrogens is 524 g/mol. The first-order valence-corrected chi connectivity index (χ1v) is 14.6. The standard InChI is InChI=1S/C22H23F2N9O2S2/c1-32-17(4-7-27-32)14-3-2-13(8-14)16-9-15(37(34,35)31-22(11-25)5-6-22)10-33-19(16)28-30-21(33)36-12-26-29-20(36)18(23)24/h4,7,9-10,12-14,18,31,36H,2-3,5-6,8H2,1H3. The van der Waals surface area contributed by atoms with Crippen LogP contribution >= 0.6 is 10.9 Å². The van der Waals surface area contributed by atoms with Crippen LogP contribution in [0.5, 0.6) is 0 Å². The molecule has 0 amide bonds. The molecule has 194 valence electrons. The number of nitrogens with one attached hydrogen (secondary N) is 1. The zero-order chi connectivity index (χ0) is 25.9. The van der Waals surface area contributed by atoms with Gasteiger partial charge in [-0.3, -0.25) is 9.08 Å². The number of rotatable bonds is 7. The molecule has 1 aliphatic heterocycles. The van der Waals surface area contributed by atoms with Crippen LogP contribution in [0.4, 0.5) is 8.78 Å². The van der Waals surface area contributed by atoms with Crippen LogP contribution in [0.3, 0.4) is 0 Å². The Morgan fingerprint density at radius 2 is 2.05 bits per heavy atom. The van der Waals surface area contributed by atoms with E-state index in [-0.39, 0.29) is 21.9 Å². The molecule has 2 saturated carbocycles. The lowest BCUT2D eigenvalue weighted by atomic mass is 9.96. The Kier molecular flexibility index (Phi) is 5.66. The number of aryl methyl sites for hydroxylation is 1. The first-order valence-electron chi connectivity index (χ1n) is 11.7. The second-order valence-corrected chi connectivity index (χ2v) is 13.1. The van der Waals surface area contributed by atoms with Gasteiger partial charge in [0, 0.05) is 36.6 Å². The van der Waals surface area contributed by atoms with E-state index in [1.807, 2.05) is 23.9 Å². The van der Waals surface area contributed by atoms with Crippen molar-refractivity contribution in [2.24, 2.45) is 17.3 Å². The number of hydrogen-bond donors (Lipinski definition) is 2. The molecule has 0 spiro atoms. The molecule has 6 rings (SSSR count). The van der Waals surface area contributed by atoms with E-state index in [1.54, 1.807) is 12.3 Å². The highest BCUT2D eigenvalue weighted by atomic mass is 32.2. The number of hydrogen-bond acceptors (Lipinski definition) is 8. The van der Waals surface area contributed by atoms with E-state index in [1.165, 1.54) is 16.1 Å². The lowest BCUT2D eigenvalue weighted by Gasteiger charge is -2.17. The van der Waals surface area contributed by atoms with Gasteiger partial charge in [-0.1, -0.05) is 0 Å². The smallest absolute Gasteiger partial charge is 0.277 e. The summed E-state index contributed by atoms with van der Waals surface area (Å²) in [5.74, 6) is 0.198. The van der Waals surface area contributed by atoms with Crippen molar-refractivity contribution in [3.05, 3.63) is 35.8 Å². The van der Waals surface area contributed by atoms with Gasteiger partial charge in [-0.2, -0.15) is 20.2 Å². The van der Waals surface area contributed by atoms with Crippen molar-refractivity contribution in [2.45, 2.75) is 66.0 Å². The largest absolute Gasteiger partial charge is 0.287 e. The first-order chi connectivity index (χ1) is 17.7. The van der Waals surface area contributed by atoms with Crippen LogP contribution in [0.2, 0.25) is 0 Å². The van der Waals surface area contributed by atoms with Crippen molar-refractivity contribution in [2.75, 3.05) is 0 Å². The summed E-state index contributed by atoms with van der Waals surface area (Å²) in [6, 6.07) is 5.60. The van der Waals surface area contributed by atoms with E-state index in [9.17, 15) is 22.5 Å². The van der Waals surface area contributed by atoms with Crippen LogP contribution in [-0.4, -0.2) is 55.4 Å². The minimum Gasteiger partial charge on any atom is -0.277 e. The van der Waals surface area contributed by atoms with Gasteiger partial charge in [0.2, 0.25) is 10.0 Å². The fourth-order valence-corrected chi connectivity index (χ4v) is 8.01. The summed E-state index contributed by atoms with van der Waals surface area (Å²) in [5.41, 5.74) is 2.39. The summed E-state index contributed by atoms with van der Waals surface area (Å²) in [5, 5.41) is 29.2. The first kappa shape index (κ1) is 24.1. The SMILES string of the molecule is Cn1nccc1C1CCC(c2cc(S(=O)(=O)NC3(C#N)CC3)cn3c([SH]4C=NN=C4C(F)F)nnc23)C1. The topological polar surface area (TPSA) is 143 Å². The lowest BCUT2D eigenvalue weighted by molar-refractivity contribution is 0.229. The normalized spacial score (nSPS) is 25.6. The van der Waals surface area contributed by atoms with Crippen molar-refractivity contribution in [3.63, 3.8) is 0 Å². The maximum absolute atomic E-state index is 13.6. The monoisotopic (exact) mass is 547 g/mol. The number of sulfonamides is 1. The molecule has 0 bridgehead atoms. The van der Waals surface area contributed by atoms with Gasteiger partial charge in [0.1, 0.15) is 5.54 Å². The van der Waals surface area contributed by atoms with Crippen LogP contribution in [0.25, 0.3) is 5.65 Å². The number of alkyl halides is 2. The molecule has 1 N–H and O–H groups in total. The third-order valence-corrected chi connectivity index (χ3v) is 10.6. The van der Waals surface area contributed by atoms with Crippen LogP contribution in [0.1, 0.15) is 55.2 Å². The average Bonchev–Trinajstić information content (AvgIpc) is 3.38. The highest BCUT2D eigenvalue weighted by Crippen LogP contribution is 2.46. The number of nitrogens with zero attached hydrogens (tertiary/aromatic N) is 8. The maximum Gasteiger partial charge on any atom is 0.287 e. The van der Waals surface area contributed by atoms with Gasteiger partial charge >= 0.3 is 0 Å². The van der Waals surface area contributed by atoms with E-state index in [2.05, 4.69) is 30.2 Å². The Morgan fingerprint density at radius 3 is 2.73 bits per heavy atom. The van der Waals surface area contributed by atoms with Crippen LogP contribution in [-0.2, 0) is 17.1 Å². The molecule has 37 heavy (non-hydrogen) atoms. The fourth-order valence-electron chi connectivity index (χ4n) is 5.13. The number of fused-ring (bicyclic) bond motifs is 1. The van der Waals surface area contributed by atoms with Crippen molar-refractivity contribution in [1.29, 1.82) is 5.26 Å². The molecule has 0 radical (unpaired) electrons. The second kappa shape index (κ2) is 8.67. The van der Waals surface area contributed by atoms with E-state index >= 15 is 0 Å². The Morgan fingerprint density at radius 1 is 1.27 bits per heavy atom. The van der Waals surface area contributed by atoms with E-state index in [0.29, 0.717) is 24.1 Å². The van der Waals surface area contributed by atoms with Gasteiger partial charge in [0.15, 0.2) is 15.8 Å². The minimum atomic E-state index is -4.09. The van der Waals surface area contributed by atoms with Crippen molar-refractivity contribution < 1.29 is 17.2 Å². The van der Waals surface area contributed by atoms with Crippen molar-refractivity contribution >= 4 is 37.2 Å². The third kappa shape index (κ3) is 4.12. The van der Waals surface area contributed by atoms with Gasteiger partial charge in [-0.15, -0.1) is 26.2 Å². The zero-order valence-electron chi connectivity index (χ0n) is 19.7. The minimum absolute atomic E-state index is 0.0336. The zero-order valence-corrected chi connectivity index (χ0v) is 21.4. The van der Waals surface area contributed by atoms with Gasteiger partial charge in [-0.05, 0) is 50.2 Å². The van der Waals surface area contributed by atoms with Crippen LogP contribution < -0.4 is 4.72 Å². The average molecular weight is 548 g/mol. The lowest BCUT2D eigenvalue weighted by Crippen LogP contribution is -2.35. The maximum atomic E-state index is 13.6. The van der Waals surface area contributed by atoms with Crippen LogP contribution in [0, 0.1) is 11.3 Å². The molecule has 15 heteroatoms. The number of halogens is 2. The Bertz CT molecular complexity index is 1600. The summed E-state index contributed by atoms with van der Waals surface area (Å²) >= 11 is 0. The molecule has 0 aromatic carbocycles. The Balaban J connectivity index is 1.46.